The van der Waals surface area contributed by atoms with E-state index in [1.54, 1.807) is 0 Å². The number of hydrogen-bond donors (Lipinski definition) is 0. The van der Waals surface area contributed by atoms with Crippen molar-refractivity contribution in [3.8, 4) is 0 Å². The van der Waals surface area contributed by atoms with Gasteiger partial charge in [0.15, 0.2) is 0 Å². The van der Waals surface area contributed by atoms with E-state index in [-0.39, 0.29) is 0 Å². The van der Waals surface area contributed by atoms with Crippen molar-refractivity contribution in [1.82, 2.24) is 4.57 Å². The van der Waals surface area contributed by atoms with Crippen LogP contribution >= 0.6 is 0 Å². The van der Waals surface area contributed by atoms with Crippen molar-refractivity contribution in [2.45, 2.75) is 91.5 Å². The van der Waals surface area contributed by atoms with Gasteiger partial charge in [0.25, 0.3) is 0 Å². The van der Waals surface area contributed by atoms with Crippen LogP contribution in [0, 0.1) is 13.8 Å². The lowest BCUT2D eigenvalue weighted by atomic mass is 10.1. The molecule has 0 aromatic carbocycles. The Morgan fingerprint density at radius 2 is 1.11 bits per heavy atom. The highest BCUT2D eigenvalue weighted by Crippen LogP contribution is 2.12. The van der Waals surface area contributed by atoms with E-state index in [4.69, 9.17) is 0 Å². The van der Waals surface area contributed by atoms with E-state index < -0.39 is 0 Å². The Labute approximate surface area is 120 Å². The van der Waals surface area contributed by atoms with Crippen molar-refractivity contribution < 1.29 is 0 Å². The molecule has 1 rings (SSSR count). The van der Waals surface area contributed by atoms with Gasteiger partial charge >= 0.3 is 0 Å². The van der Waals surface area contributed by atoms with Gasteiger partial charge in [0, 0.05) is 18.9 Å². The minimum atomic E-state index is 1.20. The second kappa shape index (κ2) is 10.1. The maximum absolute atomic E-state index is 2.36. The fraction of sp³-hybridized carbons (Fsp3) is 0.778. The summed E-state index contributed by atoms with van der Waals surface area (Å²) in [5.74, 6) is 0. The molecule has 0 bridgehead atoms. The third-order valence-corrected chi connectivity index (χ3v) is 4.11. The molecular weight excluding hydrogens is 230 g/mol. The number of hydrogen-bond acceptors (Lipinski definition) is 0. The van der Waals surface area contributed by atoms with E-state index in [9.17, 15) is 0 Å². The summed E-state index contributed by atoms with van der Waals surface area (Å²) >= 11 is 0. The Bertz CT molecular complexity index is 305. The summed E-state index contributed by atoms with van der Waals surface area (Å²) in [6.45, 7) is 7.88. The molecule has 1 heterocycles. The molecule has 0 aliphatic carbocycles. The van der Waals surface area contributed by atoms with Gasteiger partial charge in [-0.2, -0.15) is 0 Å². The average Bonchev–Trinajstić information content (AvgIpc) is 2.71. The molecule has 1 nitrogen and oxygen atoms in total. The largest absolute Gasteiger partial charge is 0.354 e. The van der Waals surface area contributed by atoms with E-state index in [0.717, 1.165) is 0 Å². The molecule has 0 saturated carbocycles. The Kier molecular flexibility index (Phi) is 8.69. The van der Waals surface area contributed by atoms with Crippen molar-refractivity contribution in [2.75, 3.05) is 0 Å². The monoisotopic (exact) mass is 263 g/mol. The fourth-order valence-corrected chi connectivity index (χ4v) is 2.65. The average molecular weight is 263 g/mol. The standard InChI is InChI=1S/C18H33N/c1-4-5-6-7-8-9-10-11-12-13-14-19-15-17(2)18(3)16-19/h15-16H,4-14H2,1-3H3. The molecule has 0 radical (unpaired) electrons. The molecule has 110 valence electrons. The van der Waals surface area contributed by atoms with Crippen LogP contribution in [0.5, 0.6) is 0 Å². The third-order valence-electron chi connectivity index (χ3n) is 4.11. The highest BCUT2D eigenvalue weighted by atomic mass is 14.9. The van der Waals surface area contributed by atoms with E-state index in [0.29, 0.717) is 0 Å². The molecule has 1 aromatic rings. The minimum absolute atomic E-state index is 1.20. The van der Waals surface area contributed by atoms with Crippen LogP contribution in [0.15, 0.2) is 12.4 Å². The van der Waals surface area contributed by atoms with Gasteiger partial charge in [-0.25, -0.2) is 0 Å². The molecule has 0 amide bonds. The Morgan fingerprint density at radius 1 is 0.684 bits per heavy atom. The normalized spacial score (nSPS) is 11.1. The topological polar surface area (TPSA) is 4.93 Å². The van der Waals surface area contributed by atoms with Crippen LogP contribution in [0.4, 0.5) is 0 Å². The van der Waals surface area contributed by atoms with Crippen molar-refractivity contribution in [2.24, 2.45) is 0 Å². The summed E-state index contributed by atoms with van der Waals surface area (Å²) in [5, 5.41) is 0. The molecule has 0 aliphatic rings. The molecule has 1 aromatic heterocycles. The maximum Gasteiger partial charge on any atom is 0.0219 e. The van der Waals surface area contributed by atoms with Crippen molar-refractivity contribution in [1.29, 1.82) is 0 Å². The number of rotatable bonds is 11. The Hall–Kier alpha value is -0.720. The molecule has 1 heteroatoms. The first kappa shape index (κ1) is 16.3. The first-order valence-corrected chi connectivity index (χ1v) is 8.37. The first-order chi connectivity index (χ1) is 9.24. The van der Waals surface area contributed by atoms with E-state index in [1.165, 1.54) is 81.9 Å². The number of aryl methyl sites for hydroxylation is 3. The van der Waals surface area contributed by atoms with Crippen LogP contribution < -0.4 is 0 Å². The van der Waals surface area contributed by atoms with Crippen LogP contribution in [0.2, 0.25) is 0 Å². The van der Waals surface area contributed by atoms with Crippen LogP contribution in [0.3, 0.4) is 0 Å². The van der Waals surface area contributed by atoms with E-state index >= 15 is 0 Å². The molecule has 0 aliphatic heterocycles. The SMILES string of the molecule is CCCCCCCCCCCCn1cc(C)c(C)c1. The Balaban J connectivity index is 1.88. The Morgan fingerprint density at radius 3 is 1.58 bits per heavy atom. The highest BCUT2D eigenvalue weighted by molar-refractivity contribution is 5.20. The van der Waals surface area contributed by atoms with Gasteiger partial charge in [0.2, 0.25) is 0 Å². The van der Waals surface area contributed by atoms with Gasteiger partial charge in [-0.05, 0) is 31.4 Å². The molecule has 0 fully saturated rings. The number of unbranched alkanes of at least 4 members (excludes halogenated alkanes) is 9. The summed E-state index contributed by atoms with van der Waals surface area (Å²) in [4.78, 5) is 0. The molecule has 0 N–H and O–H groups in total. The summed E-state index contributed by atoms with van der Waals surface area (Å²) in [5.41, 5.74) is 2.85. The first-order valence-electron chi connectivity index (χ1n) is 8.37. The summed E-state index contributed by atoms with van der Waals surface area (Å²) in [6.07, 6.45) is 18.7. The summed E-state index contributed by atoms with van der Waals surface area (Å²) in [7, 11) is 0. The second-order valence-corrected chi connectivity index (χ2v) is 6.04. The summed E-state index contributed by atoms with van der Waals surface area (Å²) in [6, 6.07) is 0. The van der Waals surface area contributed by atoms with Crippen molar-refractivity contribution in [3.63, 3.8) is 0 Å². The van der Waals surface area contributed by atoms with Crippen molar-refractivity contribution in [3.05, 3.63) is 23.5 Å². The van der Waals surface area contributed by atoms with Crippen LogP contribution in [0.25, 0.3) is 0 Å². The van der Waals surface area contributed by atoms with Gasteiger partial charge in [0.05, 0.1) is 0 Å². The molecule has 0 spiro atoms. The second-order valence-electron chi connectivity index (χ2n) is 6.04. The van der Waals surface area contributed by atoms with Gasteiger partial charge < -0.3 is 4.57 Å². The smallest absolute Gasteiger partial charge is 0.0219 e. The van der Waals surface area contributed by atoms with E-state index in [1.807, 2.05) is 0 Å². The highest BCUT2D eigenvalue weighted by Gasteiger charge is 1.97. The number of nitrogens with zero attached hydrogens (tertiary/aromatic N) is 1. The molecule has 0 saturated heterocycles. The molecule has 19 heavy (non-hydrogen) atoms. The van der Waals surface area contributed by atoms with Crippen LogP contribution in [0.1, 0.15) is 82.3 Å². The predicted molar refractivity (Wildman–Crippen MR) is 85.8 cm³/mol. The maximum atomic E-state index is 2.36. The fourth-order valence-electron chi connectivity index (χ4n) is 2.65. The lowest BCUT2D eigenvalue weighted by molar-refractivity contribution is 0.535. The zero-order chi connectivity index (χ0) is 13.9. The predicted octanol–water partition coefficient (Wildman–Crippen LogP) is 6.03. The number of aromatic nitrogens is 1. The van der Waals surface area contributed by atoms with Gasteiger partial charge in [-0.1, -0.05) is 64.7 Å². The zero-order valence-corrected chi connectivity index (χ0v) is 13.4. The van der Waals surface area contributed by atoms with Crippen molar-refractivity contribution >= 4 is 0 Å². The summed E-state index contributed by atoms with van der Waals surface area (Å²) < 4.78 is 2.36. The van der Waals surface area contributed by atoms with E-state index in [2.05, 4.69) is 37.7 Å². The minimum Gasteiger partial charge on any atom is -0.354 e. The zero-order valence-electron chi connectivity index (χ0n) is 13.4. The van der Waals surface area contributed by atoms with Gasteiger partial charge in [0.1, 0.15) is 0 Å². The molecule has 0 unspecified atom stereocenters. The lowest BCUT2D eigenvalue weighted by Gasteiger charge is -2.03. The quantitative estimate of drug-likeness (QED) is 0.430. The molecular formula is C18H33N. The molecule has 0 atom stereocenters. The van der Waals surface area contributed by atoms with Gasteiger partial charge in [-0.3, -0.25) is 0 Å². The van der Waals surface area contributed by atoms with Crippen LogP contribution in [-0.4, -0.2) is 4.57 Å². The van der Waals surface area contributed by atoms with Gasteiger partial charge in [-0.15, -0.1) is 0 Å². The lowest BCUT2D eigenvalue weighted by Crippen LogP contribution is -1.94. The third kappa shape index (κ3) is 7.44. The van der Waals surface area contributed by atoms with Crippen LogP contribution in [-0.2, 0) is 6.54 Å².